The second kappa shape index (κ2) is 5.69. The van der Waals surface area contributed by atoms with Crippen LogP contribution in [0.15, 0.2) is 48.1 Å². The number of rotatable bonds is 4. The monoisotopic (exact) mass is 340 g/mol. The molecule has 126 valence electrons. The second-order valence-electron chi connectivity index (χ2n) is 6.15. The molecule has 1 aromatic carbocycles. The number of aromatic nitrogens is 1. The van der Waals surface area contributed by atoms with E-state index in [9.17, 15) is 4.79 Å². The van der Waals surface area contributed by atoms with Crippen LogP contribution in [0.1, 0.15) is 18.5 Å². The van der Waals surface area contributed by atoms with Crippen molar-refractivity contribution in [2.45, 2.75) is 25.1 Å². The second-order valence-corrected chi connectivity index (χ2v) is 6.15. The van der Waals surface area contributed by atoms with Gasteiger partial charge >= 0.3 is 143 Å². The van der Waals surface area contributed by atoms with E-state index < -0.39 is 18.2 Å². The number of fused-ring (bicyclic) bond motifs is 2. The van der Waals surface area contributed by atoms with Crippen molar-refractivity contribution < 1.29 is 18.7 Å². The summed E-state index contributed by atoms with van der Waals surface area (Å²) in [5, 5.41) is 8.87. The fourth-order valence-electron chi connectivity index (χ4n) is 3.50. The number of alkyl halides is 2. The zero-order valence-corrected chi connectivity index (χ0v) is 13.3. The minimum atomic E-state index is -3.28. The predicted molar refractivity (Wildman–Crippen MR) is 92.3 cm³/mol. The molecule has 0 radical (unpaired) electrons. The third kappa shape index (κ3) is 2.50. The van der Waals surface area contributed by atoms with Crippen LogP contribution in [0.5, 0.6) is 0 Å². The van der Waals surface area contributed by atoms with Gasteiger partial charge in [-0.2, -0.15) is 0 Å². The third-order valence-electron chi connectivity index (χ3n) is 4.59. The van der Waals surface area contributed by atoms with Crippen LogP contribution in [0, 0.1) is 0 Å². The van der Waals surface area contributed by atoms with E-state index in [1.807, 2.05) is 18.2 Å². The van der Waals surface area contributed by atoms with Crippen LogP contribution >= 0.6 is 0 Å². The molecule has 4 rings (SSSR count). The number of aliphatic carboxylic acids is 1. The number of hydrogen-bond acceptors (Lipinski definition) is 2. The number of carboxylic acid groups (broad SMARTS) is 1. The molecule has 1 aromatic heterocycles. The summed E-state index contributed by atoms with van der Waals surface area (Å²) in [7, 11) is 0. The molecule has 1 atom stereocenters. The van der Waals surface area contributed by atoms with E-state index in [1.165, 1.54) is 0 Å². The SMILES string of the molecule is O=C(O)CCC1C=BC2=Cc3ccc(-c4ccccc4)n3C(F)(F)N21. The Morgan fingerprint density at radius 3 is 2.68 bits per heavy atom. The molecule has 1 N–H and O–H groups in total. The molecule has 0 saturated heterocycles. The van der Waals surface area contributed by atoms with E-state index in [0.717, 1.165) is 9.47 Å². The average molecular weight is 340 g/mol. The fraction of sp³-hybridized carbons (Fsp3) is 0.222. The Labute approximate surface area is 143 Å². The quantitative estimate of drug-likeness (QED) is 0.687. The van der Waals surface area contributed by atoms with Gasteiger partial charge in [-0.15, -0.1) is 0 Å². The molecule has 2 aromatic rings. The normalized spacial score (nSPS) is 19.8. The summed E-state index contributed by atoms with van der Waals surface area (Å²) in [5.41, 5.74) is 1.98. The molecule has 0 bridgehead atoms. The van der Waals surface area contributed by atoms with Gasteiger partial charge in [0, 0.05) is 0 Å². The minimum absolute atomic E-state index is 0.135. The Kier molecular flexibility index (Phi) is 3.60. The van der Waals surface area contributed by atoms with E-state index in [2.05, 4.69) is 0 Å². The van der Waals surface area contributed by atoms with Crippen molar-refractivity contribution in [2.75, 3.05) is 0 Å². The summed E-state index contributed by atoms with van der Waals surface area (Å²) in [6.07, 6.45) is -1.59. The molecule has 25 heavy (non-hydrogen) atoms. The molecule has 1 unspecified atom stereocenters. The fourth-order valence-corrected chi connectivity index (χ4v) is 3.50. The first-order valence-corrected chi connectivity index (χ1v) is 8.05. The first-order chi connectivity index (χ1) is 12.0. The van der Waals surface area contributed by atoms with Crippen molar-refractivity contribution in [1.29, 1.82) is 0 Å². The average Bonchev–Trinajstić information content (AvgIpc) is 3.19. The maximum absolute atomic E-state index is 15.4. The first kappa shape index (κ1) is 15.8. The molecule has 2 aliphatic rings. The van der Waals surface area contributed by atoms with Crippen LogP contribution in [0.4, 0.5) is 8.78 Å². The number of carbonyl (C=O) groups is 1. The molecule has 2 aliphatic heterocycles. The summed E-state index contributed by atoms with van der Waals surface area (Å²) in [5.74, 6) is 0.662. The molecule has 3 heterocycles. The van der Waals surface area contributed by atoms with E-state index >= 15 is 8.78 Å². The molecule has 0 fully saturated rings. The summed E-state index contributed by atoms with van der Waals surface area (Å²) >= 11 is 0. The van der Waals surface area contributed by atoms with E-state index in [-0.39, 0.29) is 12.8 Å². The molecule has 7 heteroatoms. The van der Waals surface area contributed by atoms with Crippen LogP contribution < -0.4 is 0 Å². The zero-order chi connectivity index (χ0) is 17.6. The van der Waals surface area contributed by atoms with Gasteiger partial charge < -0.3 is 0 Å². The Morgan fingerprint density at radius 1 is 1.20 bits per heavy atom. The molecule has 0 spiro atoms. The topological polar surface area (TPSA) is 45.5 Å². The van der Waals surface area contributed by atoms with Crippen LogP contribution in [0.2, 0.25) is 0 Å². The molecular formula is C18H15BF2N2O2. The van der Waals surface area contributed by atoms with Crippen LogP contribution in [-0.2, 0) is 11.0 Å². The van der Waals surface area contributed by atoms with Crippen molar-refractivity contribution in [3.8, 4) is 11.3 Å². The van der Waals surface area contributed by atoms with Gasteiger partial charge in [-0.1, -0.05) is 0 Å². The van der Waals surface area contributed by atoms with Crippen molar-refractivity contribution in [3.63, 3.8) is 0 Å². The van der Waals surface area contributed by atoms with Gasteiger partial charge in [-0.05, 0) is 0 Å². The molecule has 4 nitrogen and oxygen atoms in total. The summed E-state index contributed by atoms with van der Waals surface area (Å²) < 4.78 is 31.8. The van der Waals surface area contributed by atoms with Crippen LogP contribution in [-0.4, -0.2) is 39.5 Å². The van der Waals surface area contributed by atoms with Crippen molar-refractivity contribution in [3.05, 3.63) is 53.8 Å². The zero-order valence-electron chi connectivity index (χ0n) is 13.3. The standard InChI is InChI=1S/C18H15BF2N2O2/c20-18(21)22-13(6-8-15(22)12-4-2-1-3-5-12)10-16-19-11-14(23(16)18)7-9-17(24)25/h1-6,8,10-11,14H,7,9H2,(H,24,25). The van der Waals surface area contributed by atoms with Gasteiger partial charge in [-0.25, -0.2) is 0 Å². The van der Waals surface area contributed by atoms with Crippen molar-refractivity contribution in [2.24, 2.45) is 0 Å². The van der Waals surface area contributed by atoms with Gasteiger partial charge in [0.1, 0.15) is 0 Å². The van der Waals surface area contributed by atoms with Crippen LogP contribution in [0.3, 0.4) is 0 Å². The van der Waals surface area contributed by atoms with Crippen molar-refractivity contribution >= 4 is 24.9 Å². The first-order valence-electron chi connectivity index (χ1n) is 8.05. The number of benzene rings is 1. The van der Waals surface area contributed by atoms with E-state index in [0.29, 0.717) is 22.5 Å². The number of nitrogens with zero attached hydrogens (tertiary/aromatic N) is 2. The predicted octanol–water partition coefficient (Wildman–Crippen LogP) is 3.03. The molecule has 0 saturated carbocycles. The van der Waals surface area contributed by atoms with Gasteiger partial charge in [-0.3, -0.25) is 0 Å². The summed E-state index contributed by atoms with van der Waals surface area (Å²) in [4.78, 5) is 11.8. The maximum atomic E-state index is 15.4. The number of carboxylic acids is 1. The molecule has 0 amide bonds. The summed E-state index contributed by atoms with van der Waals surface area (Å²) in [6, 6.07) is 11.8. The molecular weight excluding hydrogens is 325 g/mol. The van der Waals surface area contributed by atoms with Gasteiger partial charge in [0.25, 0.3) is 0 Å². The third-order valence-corrected chi connectivity index (χ3v) is 4.59. The van der Waals surface area contributed by atoms with E-state index in [1.54, 1.807) is 43.2 Å². The molecule has 0 aliphatic carbocycles. The van der Waals surface area contributed by atoms with Crippen molar-refractivity contribution in [1.82, 2.24) is 9.47 Å². The van der Waals surface area contributed by atoms with Gasteiger partial charge in [0.15, 0.2) is 0 Å². The number of hydrogen-bond donors (Lipinski definition) is 1. The number of halogens is 2. The Hall–Kier alpha value is -2.70. The summed E-state index contributed by atoms with van der Waals surface area (Å²) in [6.45, 7) is 1.64. The Bertz CT molecular complexity index is 890. The Balaban J connectivity index is 1.77. The van der Waals surface area contributed by atoms with E-state index in [4.69, 9.17) is 5.11 Å². The van der Waals surface area contributed by atoms with Crippen LogP contribution in [0.25, 0.3) is 17.3 Å². The Morgan fingerprint density at radius 2 is 1.96 bits per heavy atom. The van der Waals surface area contributed by atoms with Gasteiger partial charge in [0.05, 0.1) is 0 Å². The van der Waals surface area contributed by atoms with Gasteiger partial charge in [0.2, 0.25) is 0 Å².